The highest BCUT2D eigenvalue weighted by Crippen LogP contribution is 2.33. The molecule has 2 saturated heterocycles. The van der Waals surface area contributed by atoms with E-state index in [9.17, 15) is 9.59 Å². The van der Waals surface area contributed by atoms with Gasteiger partial charge in [0.05, 0.1) is 12.1 Å². The van der Waals surface area contributed by atoms with Gasteiger partial charge in [0.1, 0.15) is 12.4 Å². The Morgan fingerprint density at radius 2 is 2.08 bits per heavy atom. The molecule has 0 bridgehead atoms. The van der Waals surface area contributed by atoms with Crippen LogP contribution >= 0.6 is 11.8 Å². The summed E-state index contributed by atoms with van der Waals surface area (Å²) in [6, 6.07) is 7.75. The van der Waals surface area contributed by atoms with E-state index in [1.165, 1.54) is 0 Å². The first-order chi connectivity index (χ1) is 12.7. The fourth-order valence-electron chi connectivity index (χ4n) is 3.31. The molecule has 0 saturated carbocycles. The lowest BCUT2D eigenvalue weighted by Gasteiger charge is -2.16. The highest BCUT2D eigenvalue weighted by atomic mass is 32.2. The normalized spacial score (nSPS) is 23.9. The van der Waals surface area contributed by atoms with Crippen molar-refractivity contribution in [2.45, 2.75) is 43.0 Å². The predicted molar refractivity (Wildman–Crippen MR) is 104 cm³/mol. The van der Waals surface area contributed by atoms with Crippen molar-refractivity contribution in [3.63, 3.8) is 0 Å². The molecule has 8 heteroatoms. The Balaban J connectivity index is 1.32. The van der Waals surface area contributed by atoms with Crippen LogP contribution in [0.2, 0.25) is 0 Å². The molecule has 7 nitrogen and oxygen atoms in total. The van der Waals surface area contributed by atoms with Gasteiger partial charge in [-0.25, -0.2) is 4.79 Å². The molecule has 2 heterocycles. The lowest BCUT2D eigenvalue weighted by Crippen LogP contribution is -2.36. The van der Waals surface area contributed by atoms with Crippen LogP contribution < -0.4 is 26.4 Å². The van der Waals surface area contributed by atoms with Crippen LogP contribution in [0.4, 0.5) is 10.5 Å². The van der Waals surface area contributed by atoms with E-state index in [1.807, 2.05) is 36.0 Å². The molecule has 0 unspecified atom stereocenters. The molecule has 1 aromatic rings. The van der Waals surface area contributed by atoms with Gasteiger partial charge < -0.3 is 26.4 Å². The van der Waals surface area contributed by atoms with Crippen LogP contribution in [0.1, 0.15) is 25.7 Å². The minimum atomic E-state index is -0.0517. The minimum absolute atomic E-state index is 0.0217. The summed E-state index contributed by atoms with van der Waals surface area (Å²) < 4.78 is 5.41. The van der Waals surface area contributed by atoms with Crippen molar-refractivity contribution >= 4 is 29.4 Å². The predicted octanol–water partition coefficient (Wildman–Crippen LogP) is 1.69. The number of anilines is 1. The van der Waals surface area contributed by atoms with E-state index in [0.29, 0.717) is 24.8 Å². The van der Waals surface area contributed by atoms with Gasteiger partial charge in [-0.15, -0.1) is 0 Å². The Labute approximate surface area is 157 Å². The van der Waals surface area contributed by atoms with Gasteiger partial charge >= 0.3 is 6.03 Å². The molecule has 26 heavy (non-hydrogen) atoms. The number of benzene rings is 1. The fraction of sp³-hybridized carbons (Fsp3) is 0.556. The quantitative estimate of drug-likeness (QED) is 0.387. The van der Waals surface area contributed by atoms with Gasteiger partial charge in [0, 0.05) is 29.7 Å². The molecule has 0 radical (unpaired) electrons. The van der Waals surface area contributed by atoms with Crippen molar-refractivity contribution in [2.24, 2.45) is 5.73 Å². The Morgan fingerprint density at radius 1 is 1.27 bits per heavy atom. The number of carbonyl (C=O) groups is 2. The van der Waals surface area contributed by atoms with E-state index in [4.69, 9.17) is 10.5 Å². The molecular weight excluding hydrogens is 352 g/mol. The van der Waals surface area contributed by atoms with Gasteiger partial charge in [-0.3, -0.25) is 4.79 Å². The zero-order chi connectivity index (χ0) is 18.4. The van der Waals surface area contributed by atoms with Gasteiger partial charge in [-0.1, -0.05) is 6.42 Å². The molecule has 3 atom stereocenters. The monoisotopic (exact) mass is 378 g/mol. The highest BCUT2D eigenvalue weighted by molar-refractivity contribution is 8.00. The number of carbonyl (C=O) groups excluding carboxylic acids is 2. The lowest BCUT2D eigenvalue weighted by atomic mass is 10.0. The van der Waals surface area contributed by atoms with E-state index in [-0.39, 0.29) is 24.0 Å². The first kappa shape index (κ1) is 18.8. The van der Waals surface area contributed by atoms with E-state index >= 15 is 0 Å². The molecule has 0 aromatic heterocycles. The third kappa shape index (κ3) is 5.04. The number of unbranched alkanes of at least 4 members (excludes halogenated alkanes) is 1. The van der Waals surface area contributed by atoms with Crippen LogP contribution in [0.15, 0.2) is 24.3 Å². The second-order valence-electron chi connectivity index (χ2n) is 6.58. The van der Waals surface area contributed by atoms with Crippen molar-refractivity contribution in [3.05, 3.63) is 24.3 Å². The largest absolute Gasteiger partial charge is 0.492 e. The summed E-state index contributed by atoms with van der Waals surface area (Å²) in [5.41, 5.74) is 6.16. The summed E-state index contributed by atoms with van der Waals surface area (Å²) in [5.74, 6) is 1.74. The average Bonchev–Trinajstić information content (AvgIpc) is 3.17. The number of nitrogens with two attached hydrogens (primary N) is 1. The maximum Gasteiger partial charge on any atom is 0.315 e. The molecule has 5 N–H and O–H groups in total. The Hall–Kier alpha value is -1.93. The lowest BCUT2D eigenvalue weighted by molar-refractivity contribution is -0.116. The Bertz CT molecular complexity index is 625. The van der Waals surface area contributed by atoms with Gasteiger partial charge in [0.15, 0.2) is 0 Å². The van der Waals surface area contributed by atoms with Crippen LogP contribution in [0.25, 0.3) is 0 Å². The summed E-state index contributed by atoms with van der Waals surface area (Å²) in [6.45, 7) is 0.953. The molecular formula is C18H26N4O3S. The molecule has 3 rings (SSSR count). The van der Waals surface area contributed by atoms with E-state index < -0.39 is 0 Å². The number of ether oxygens (including phenoxy) is 1. The number of thioether (sulfide) groups is 1. The maximum absolute atomic E-state index is 12.1. The Kier molecular flexibility index (Phi) is 6.62. The third-order valence-corrected chi connectivity index (χ3v) is 6.11. The van der Waals surface area contributed by atoms with Crippen LogP contribution in [0, 0.1) is 0 Å². The Morgan fingerprint density at radius 3 is 2.85 bits per heavy atom. The summed E-state index contributed by atoms with van der Waals surface area (Å²) >= 11 is 1.91. The zero-order valence-electron chi connectivity index (χ0n) is 14.7. The van der Waals surface area contributed by atoms with E-state index in [1.54, 1.807) is 0 Å². The molecule has 0 spiro atoms. The molecule has 2 aliphatic rings. The van der Waals surface area contributed by atoms with Gasteiger partial charge in [-0.05, 0) is 37.1 Å². The zero-order valence-corrected chi connectivity index (χ0v) is 15.5. The maximum atomic E-state index is 12.1. The smallest absolute Gasteiger partial charge is 0.315 e. The second-order valence-corrected chi connectivity index (χ2v) is 7.85. The van der Waals surface area contributed by atoms with Crippen molar-refractivity contribution in [2.75, 3.05) is 24.2 Å². The summed E-state index contributed by atoms with van der Waals surface area (Å²) in [4.78, 5) is 23.4. The minimum Gasteiger partial charge on any atom is -0.492 e. The third-order valence-electron chi connectivity index (χ3n) is 4.61. The first-order valence-corrected chi connectivity index (χ1v) is 10.1. The number of nitrogens with one attached hydrogen (secondary N) is 3. The van der Waals surface area contributed by atoms with Gasteiger partial charge in [0.2, 0.25) is 5.91 Å². The number of fused-ring (bicyclic) bond motifs is 1. The van der Waals surface area contributed by atoms with Crippen molar-refractivity contribution in [3.8, 4) is 5.75 Å². The molecule has 1 aromatic carbocycles. The second kappa shape index (κ2) is 9.14. The average molecular weight is 378 g/mol. The van der Waals surface area contributed by atoms with E-state index in [0.717, 1.165) is 36.5 Å². The van der Waals surface area contributed by atoms with Crippen LogP contribution in [-0.4, -0.2) is 48.2 Å². The molecule has 0 aliphatic carbocycles. The SMILES string of the molecule is NCCOc1ccc(NC(=O)CCCC[C@@H]2SC[C@@H]3NC(=O)N[C@@H]32)cc1. The summed E-state index contributed by atoms with van der Waals surface area (Å²) in [5, 5.41) is 9.30. The standard InChI is InChI=1S/C18H26N4O3S/c19-9-10-25-13-7-5-12(6-8-13)20-16(23)4-2-1-3-15-17-14(11-26-15)21-18(24)22-17/h5-8,14-15,17H,1-4,9-11,19H2,(H,20,23)(H2,21,22,24)/t14-,15-,17-/m0/s1. The van der Waals surface area contributed by atoms with Crippen LogP contribution in [0.5, 0.6) is 5.75 Å². The molecule has 2 fully saturated rings. The van der Waals surface area contributed by atoms with Crippen LogP contribution in [-0.2, 0) is 4.79 Å². The fourth-order valence-corrected chi connectivity index (χ4v) is 4.85. The first-order valence-electron chi connectivity index (χ1n) is 9.07. The van der Waals surface area contributed by atoms with Crippen LogP contribution in [0.3, 0.4) is 0 Å². The molecule has 3 amide bonds. The summed E-state index contributed by atoms with van der Waals surface area (Å²) in [7, 11) is 0. The van der Waals surface area contributed by atoms with E-state index in [2.05, 4.69) is 16.0 Å². The van der Waals surface area contributed by atoms with Gasteiger partial charge in [0.25, 0.3) is 0 Å². The number of rotatable bonds is 9. The van der Waals surface area contributed by atoms with Crippen molar-refractivity contribution in [1.82, 2.24) is 10.6 Å². The molecule has 142 valence electrons. The number of hydrogen-bond acceptors (Lipinski definition) is 5. The summed E-state index contributed by atoms with van der Waals surface area (Å²) in [6.07, 6.45) is 3.35. The highest BCUT2D eigenvalue weighted by Gasteiger charge is 2.42. The number of hydrogen-bond donors (Lipinski definition) is 4. The van der Waals surface area contributed by atoms with Crippen molar-refractivity contribution < 1.29 is 14.3 Å². The van der Waals surface area contributed by atoms with Gasteiger partial charge in [-0.2, -0.15) is 11.8 Å². The number of urea groups is 1. The number of amides is 3. The van der Waals surface area contributed by atoms with Crippen molar-refractivity contribution in [1.29, 1.82) is 0 Å². The molecule has 2 aliphatic heterocycles. The topological polar surface area (TPSA) is 105 Å².